The molecule has 1 aromatic carbocycles. The van der Waals surface area contributed by atoms with Crippen molar-refractivity contribution in [1.29, 1.82) is 0 Å². The van der Waals surface area contributed by atoms with E-state index >= 15 is 0 Å². The minimum absolute atomic E-state index is 0.000741. The van der Waals surface area contributed by atoms with Crippen molar-refractivity contribution in [3.8, 4) is 0 Å². The second-order valence-corrected chi connectivity index (χ2v) is 8.48. The average Bonchev–Trinajstić information content (AvgIpc) is 3.17. The first-order valence-corrected chi connectivity index (χ1v) is 9.30. The largest absolute Gasteiger partial charge is 0.332 e. The first kappa shape index (κ1) is 14.6. The molecule has 0 aromatic heterocycles. The van der Waals surface area contributed by atoms with E-state index in [1.165, 1.54) is 0 Å². The predicted octanol–water partition coefficient (Wildman–Crippen LogP) is 2.10. The molecule has 5 heteroatoms. The fraction of sp³-hybridized carbons (Fsp3) is 0.562. The number of amides is 1. The lowest BCUT2D eigenvalue weighted by Crippen LogP contribution is -2.43. The number of aryl methyl sites for hydroxylation is 1. The number of carbonyl (C=O) groups is 1. The van der Waals surface area contributed by atoms with Gasteiger partial charge in [-0.1, -0.05) is 12.1 Å². The van der Waals surface area contributed by atoms with Crippen LogP contribution in [0.4, 0.5) is 0 Å². The van der Waals surface area contributed by atoms with E-state index in [2.05, 4.69) is 0 Å². The molecule has 1 atom stereocenters. The van der Waals surface area contributed by atoms with Crippen LogP contribution in [0.15, 0.2) is 18.2 Å². The second kappa shape index (κ2) is 5.13. The lowest BCUT2D eigenvalue weighted by molar-refractivity contribution is 0.0680. The van der Waals surface area contributed by atoms with Crippen LogP contribution in [-0.2, 0) is 9.84 Å². The molecule has 1 aliphatic heterocycles. The van der Waals surface area contributed by atoms with Gasteiger partial charge in [-0.05, 0) is 50.3 Å². The van der Waals surface area contributed by atoms with Crippen molar-refractivity contribution in [3.63, 3.8) is 0 Å². The third kappa shape index (κ3) is 2.84. The molecule has 1 aromatic rings. The molecule has 21 heavy (non-hydrogen) atoms. The third-order valence-corrected chi connectivity index (χ3v) is 6.36. The summed E-state index contributed by atoms with van der Waals surface area (Å²) in [5, 5.41) is 0. The molecular formula is C16H21NO3S. The monoisotopic (exact) mass is 307 g/mol. The standard InChI is InChI=1S/C16H21NO3S/c1-11-4-3-5-15(12(11)2)16(18)17(13-6-7-13)14-8-9-21(19,20)10-14/h3-5,13-14H,6-10H2,1-2H3. The topological polar surface area (TPSA) is 54.5 Å². The van der Waals surface area contributed by atoms with Crippen LogP contribution in [0.3, 0.4) is 0 Å². The normalized spacial score (nSPS) is 24.0. The minimum atomic E-state index is -2.97. The first-order chi connectivity index (χ1) is 9.89. The Labute approximate surface area is 126 Å². The molecular weight excluding hydrogens is 286 g/mol. The molecule has 1 unspecified atom stereocenters. The molecule has 1 saturated heterocycles. The number of carbonyl (C=O) groups excluding carboxylic acids is 1. The zero-order valence-electron chi connectivity index (χ0n) is 12.5. The zero-order chi connectivity index (χ0) is 15.2. The van der Waals surface area contributed by atoms with Crippen LogP contribution >= 0.6 is 0 Å². The van der Waals surface area contributed by atoms with Gasteiger partial charge in [0.1, 0.15) is 0 Å². The van der Waals surface area contributed by atoms with E-state index in [1.807, 2.05) is 36.9 Å². The summed E-state index contributed by atoms with van der Waals surface area (Å²) in [6.45, 7) is 3.95. The van der Waals surface area contributed by atoms with Crippen LogP contribution in [0.1, 0.15) is 40.7 Å². The molecule has 0 N–H and O–H groups in total. The van der Waals surface area contributed by atoms with Gasteiger partial charge in [0.2, 0.25) is 0 Å². The highest BCUT2D eigenvalue weighted by Gasteiger charge is 2.42. The van der Waals surface area contributed by atoms with Crippen molar-refractivity contribution in [1.82, 2.24) is 4.90 Å². The Kier molecular flexibility index (Phi) is 3.56. The lowest BCUT2D eigenvalue weighted by atomic mass is 10.0. The summed E-state index contributed by atoms with van der Waals surface area (Å²) in [6, 6.07) is 5.83. The van der Waals surface area contributed by atoms with Crippen LogP contribution in [0.25, 0.3) is 0 Å². The molecule has 0 radical (unpaired) electrons. The summed E-state index contributed by atoms with van der Waals surface area (Å²) in [6.07, 6.45) is 2.57. The molecule has 2 fully saturated rings. The van der Waals surface area contributed by atoms with Crippen molar-refractivity contribution in [2.75, 3.05) is 11.5 Å². The van der Waals surface area contributed by atoms with Crippen LogP contribution in [-0.4, -0.2) is 42.8 Å². The number of benzene rings is 1. The molecule has 1 saturated carbocycles. The highest BCUT2D eigenvalue weighted by molar-refractivity contribution is 7.91. The van der Waals surface area contributed by atoms with Crippen LogP contribution in [0.2, 0.25) is 0 Å². The number of hydrogen-bond donors (Lipinski definition) is 0. The summed E-state index contributed by atoms with van der Waals surface area (Å²) >= 11 is 0. The van der Waals surface area contributed by atoms with Gasteiger partial charge in [0.15, 0.2) is 9.84 Å². The Morgan fingerprint density at radius 3 is 2.43 bits per heavy atom. The molecule has 0 spiro atoms. The fourth-order valence-corrected chi connectivity index (χ4v) is 4.81. The van der Waals surface area contributed by atoms with Gasteiger partial charge < -0.3 is 4.90 Å². The maximum atomic E-state index is 12.9. The van der Waals surface area contributed by atoms with Crippen molar-refractivity contribution in [3.05, 3.63) is 34.9 Å². The van der Waals surface area contributed by atoms with Crippen molar-refractivity contribution in [2.24, 2.45) is 0 Å². The van der Waals surface area contributed by atoms with Gasteiger partial charge in [0.05, 0.1) is 11.5 Å². The quantitative estimate of drug-likeness (QED) is 0.859. The Balaban J connectivity index is 1.91. The molecule has 1 aliphatic carbocycles. The number of rotatable bonds is 3. The summed E-state index contributed by atoms with van der Waals surface area (Å²) < 4.78 is 23.5. The smallest absolute Gasteiger partial charge is 0.254 e. The van der Waals surface area contributed by atoms with E-state index in [4.69, 9.17) is 0 Å². The maximum Gasteiger partial charge on any atom is 0.254 e. The summed E-state index contributed by atoms with van der Waals surface area (Å²) in [5.41, 5.74) is 2.80. The Hall–Kier alpha value is -1.36. The van der Waals surface area contributed by atoms with Gasteiger partial charge in [0, 0.05) is 17.6 Å². The van der Waals surface area contributed by atoms with E-state index in [0.717, 1.165) is 24.0 Å². The van der Waals surface area contributed by atoms with Crippen molar-refractivity contribution < 1.29 is 13.2 Å². The molecule has 3 rings (SSSR count). The molecule has 1 amide bonds. The van der Waals surface area contributed by atoms with Gasteiger partial charge in [-0.2, -0.15) is 0 Å². The van der Waals surface area contributed by atoms with Gasteiger partial charge in [-0.25, -0.2) is 8.42 Å². The maximum absolute atomic E-state index is 12.9. The highest BCUT2D eigenvalue weighted by Crippen LogP contribution is 2.34. The van der Waals surface area contributed by atoms with E-state index in [9.17, 15) is 13.2 Å². The third-order valence-electron chi connectivity index (χ3n) is 4.61. The second-order valence-electron chi connectivity index (χ2n) is 6.25. The first-order valence-electron chi connectivity index (χ1n) is 7.48. The van der Waals surface area contributed by atoms with Crippen molar-refractivity contribution >= 4 is 15.7 Å². The van der Waals surface area contributed by atoms with Crippen LogP contribution in [0.5, 0.6) is 0 Å². The molecule has 1 heterocycles. The van der Waals surface area contributed by atoms with E-state index in [-0.39, 0.29) is 29.5 Å². The minimum Gasteiger partial charge on any atom is -0.332 e. The Bertz CT molecular complexity index is 677. The number of sulfone groups is 1. The zero-order valence-corrected chi connectivity index (χ0v) is 13.3. The summed E-state index contributed by atoms with van der Waals surface area (Å²) in [7, 11) is -2.97. The Morgan fingerprint density at radius 2 is 1.86 bits per heavy atom. The predicted molar refractivity (Wildman–Crippen MR) is 82.2 cm³/mol. The van der Waals surface area contributed by atoms with E-state index in [1.54, 1.807) is 0 Å². The molecule has 0 bridgehead atoms. The highest BCUT2D eigenvalue weighted by atomic mass is 32.2. The number of hydrogen-bond acceptors (Lipinski definition) is 3. The van der Waals surface area contributed by atoms with E-state index < -0.39 is 9.84 Å². The van der Waals surface area contributed by atoms with Crippen molar-refractivity contribution in [2.45, 2.75) is 45.2 Å². The average molecular weight is 307 g/mol. The van der Waals surface area contributed by atoms with Crippen LogP contribution in [0, 0.1) is 13.8 Å². The lowest BCUT2D eigenvalue weighted by Gasteiger charge is -2.29. The van der Waals surface area contributed by atoms with Gasteiger partial charge >= 0.3 is 0 Å². The fourth-order valence-electron chi connectivity index (χ4n) is 3.10. The summed E-state index contributed by atoms with van der Waals surface area (Å²) in [4.78, 5) is 14.8. The molecule has 114 valence electrons. The van der Waals surface area contributed by atoms with E-state index in [0.29, 0.717) is 12.0 Å². The SMILES string of the molecule is Cc1cccc(C(=O)N(C2CC2)C2CCS(=O)(=O)C2)c1C. The summed E-state index contributed by atoms with van der Waals surface area (Å²) in [5.74, 6) is 0.335. The Morgan fingerprint density at radius 1 is 1.14 bits per heavy atom. The van der Waals surface area contributed by atoms with Gasteiger partial charge in [-0.3, -0.25) is 4.79 Å². The van der Waals surface area contributed by atoms with Crippen LogP contribution < -0.4 is 0 Å². The number of nitrogens with zero attached hydrogens (tertiary/aromatic N) is 1. The molecule has 4 nitrogen and oxygen atoms in total. The molecule has 2 aliphatic rings. The van der Waals surface area contributed by atoms with Gasteiger partial charge in [-0.15, -0.1) is 0 Å². The van der Waals surface area contributed by atoms with Gasteiger partial charge in [0.25, 0.3) is 5.91 Å².